The minimum absolute atomic E-state index is 0.00255. The highest BCUT2D eigenvalue weighted by Gasteiger charge is 2.39. The molecule has 0 spiro atoms. The number of aromatic nitrogens is 4. The van der Waals surface area contributed by atoms with Crippen LogP contribution in [-0.4, -0.2) is 91.8 Å². The van der Waals surface area contributed by atoms with Gasteiger partial charge in [-0.1, -0.05) is 20.4 Å². The molecule has 1 unspecified atom stereocenters. The van der Waals surface area contributed by atoms with Crippen LogP contribution in [0.2, 0.25) is 0 Å². The number of alkyl halides is 3. The number of carbonyl (C=O) groups is 2. The van der Waals surface area contributed by atoms with Gasteiger partial charge in [0.15, 0.2) is 5.82 Å². The molecule has 5 aromatic rings. The van der Waals surface area contributed by atoms with Crippen molar-refractivity contribution in [1.82, 2.24) is 24.0 Å². The molecule has 18 heteroatoms. The van der Waals surface area contributed by atoms with Crippen LogP contribution >= 0.6 is 0 Å². The Balaban J connectivity index is 0.922. The van der Waals surface area contributed by atoms with Crippen molar-refractivity contribution in [1.29, 1.82) is 0 Å². The van der Waals surface area contributed by atoms with Crippen molar-refractivity contribution < 1.29 is 32.3 Å². The minimum atomic E-state index is -4.78. The van der Waals surface area contributed by atoms with E-state index in [9.17, 15) is 37.1 Å². The zero-order chi connectivity index (χ0) is 48.4. The van der Waals surface area contributed by atoms with E-state index in [4.69, 9.17) is 4.98 Å². The second kappa shape index (κ2) is 17.8. The number of halogens is 4. The molecule has 68 heavy (non-hydrogen) atoms. The van der Waals surface area contributed by atoms with Crippen LogP contribution in [0.15, 0.2) is 78.4 Å². The van der Waals surface area contributed by atoms with Crippen LogP contribution in [0.3, 0.4) is 0 Å². The first-order chi connectivity index (χ1) is 32.3. The molecular weight excluding hydrogens is 881 g/mol. The summed E-state index contributed by atoms with van der Waals surface area (Å²) in [5, 5.41) is 16.9. The van der Waals surface area contributed by atoms with Gasteiger partial charge in [0.2, 0.25) is 5.91 Å². The monoisotopic (exact) mass is 936 g/mol. The number of aryl methyl sites for hydroxylation is 1. The molecule has 1 aliphatic carbocycles. The molecule has 0 radical (unpaired) electrons. The van der Waals surface area contributed by atoms with E-state index in [1.165, 1.54) is 28.0 Å². The molecule has 2 saturated heterocycles. The summed E-state index contributed by atoms with van der Waals surface area (Å²) < 4.78 is 58.1. The lowest BCUT2D eigenvalue weighted by molar-refractivity contribution is -0.140. The number of nitrogens with zero attached hydrogens (tertiary/aromatic N) is 8. The van der Waals surface area contributed by atoms with Crippen LogP contribution in [-0.2, 0) is 44.0 Å². The summed E-state index contributed by atoms with van der Waals surface area (Å²) >= 11 is 0. The molecular formula is C50H56F4N10O4. The molecule has 2 aromatic carbocycles. The molecule has 3 aliphatic heterocycles. The number of fused-ring (bicyclic) bond motifs is 3. The van der Waals surface area contributed by atoms with Crippen LogP contribution in [0.25, 0.3) is 11.3 Å². The number of piperidine rings is 1. The van der Waals surface area contributed by atoms with Crippen molar-refractivity contribution in [2.45, 2.75) is 90.8 Å². The number of carbonyl (C=O) groups excluding carboxylic acids is 2. The SMILES string of the molecule is C=CC(=O)Nc1cc(Nc2nc(-c3ccnc(N4CCn5c(cc6c5CC(C)(C)C6)C4=O)c3CO)cn(C)c2=O)ccc1N1CCN(C2CCN(c3ccc(F)c(C(F)(F)F)c3)[C@H](C)C2)C[C@@H]1C. The zero-order valence-electron chi connectivity index (χ0n) is 38.8. The lowest BCUT2D eigenvalue weighted by Crippen LogP contribution is -2.58. The number of pyridine rings is 1. The molecule has 9 rings (SSSR count). The van der Waals surface area contributed by atoms with E-state index < -0.39 is 35.6 Å². The van der Waals surface area contributed by atoms with Gasteiger partial charge < -0.3 is 34.7 Å². The Hall–Kier alpha value is -6.53. The van der Waals surface area contributed by atoms with E-state index in [1.807, 2.05) is 24.0 Å². The fraction of sp³-hybridized carbons (Fsp3) is 0.420. The van der Waals surface area contributed by atoms with E-state index >= 15 is 0 Å². The molecule has 2 fully saturated rings. The van der Waals surface area contributed by atoms with E-state index in [-0.39, 0.29) is 35.3 Å². The summed E-state index contributed by atoms with van der Waals surface area (Å²) in [6.07, 6.45) is 2.79. The summed E-state index contributed by atoms with van der Waals surface area (Å²) in [6, 6.07) is 12.4. The number of hydrogen-bond acceptors (Lipinski definition) is 10. The van der Waals surface area contributed by atoms with E-state index in [0.29, 0.717) is 84.7 Å². The molecule has 358 valence electrons. The van der Waals surface area contributed by atoms with Crippen LogP contribution in [0.5, 0.6) is 0 Å². The summed E-state index contributed by atoms with van der Waals surface area (Å²) in [5.41, 5.74) is 4.81. The zero-order valence-corrected chi connectivity index (χ0v) is 38.8. The average molecular weight is 937 g/mol. The van der Waals surface area contributed by atoms with Gasteiger partial charge in [-0.2, -0.15) is 13.2 Å². The largest absolute Gasteiger partial charge is 0.419 e. The first-order valence-corrected chi connectivity index (χ1v) is 23.0. The molecule has 0 saturated carbocycles. The first kappa shape index (κ1) is 46.6. The van der Waals surface area contributed by atoms with Gasteiger partial charge in [-0.3, -0.25) is 24.2 Å². The van der Waals surface area contributed by atoms with Crippen LogP contribution in [0.1, 0.15) is 73.4 Å². The third kappa shape index (κ3) is 8.75. The smallest absolute Gasteiger partial charge is 0.392 e. The number of anilines is 6. The number of piperazine rings is 1. The van der Waals surface area contributed by atoms with E-state index in [2.05, 4.69) is 57.3 Å². The van der Waals surface area contributed by atoms with Crippen LogP contribution < -0.4 is 30.9 Å². The predicted octanol–water partition coefficient (Wildman–Crippen LogP) is 7.52. The van der Waals surface area contributed by atoms with Gasteiger partial charge in [-0.05, 0) is 105 Å². The van der Waals surface area contributed by atoms with Crippen molar-refractivity contribution in [2.75, 3.05) is 58.1 Å². The maximum absolute atomic E-state index is 14.1. The van der Waals surface area contributed by atoms with Gasteiger partial charge in [0.25, 0.3) is 11.5 Å². The number of aliphatic hydroxyl groups excluding tert-OH is 1. The van der Waals surface area contributed by atoms with Crippen molar-refractivity contribution in [3.8, 4) is 11.3 Å². The standard InChI is InChI=1S/C50H56F4N10O4/c1-7-44(66)57-39-22-32(8-11-41(39)62-17-16-60(26-30(62)3)33-13-15-61(29(2)20-33)34-9-10-38(51)37(23-34)50(52,53)54)56-45-48(68)59(6)27-40(58-45)35-12-14-55-46(36(35)28-65)64-19-18-63-42(47(64)67)21-31-24-49(4,5)25-43(31)63/h7-12,14,21-23,27,29-30,33,65H,1,13,15-20,24-26,28H2,2-6H3,(H,56,58)(H,57,66)/t29-,30+,33?/m1/s1. The number of aliphatic hydroxyl groups is 1. The van der Waals surface area contributed by atoms with Crippen molar-refractivity contribution >= 4 is 46.2 Å². The summed E-state index contributed by atoms with van der Waals surface area (Å²) in [5.74, 6) is -1.58. The molecule has 14 nitrogen and oxygen atoms in total. The Labute approximate surface area is 391 Å². The lowest BCUT2D eigenvalue weighted by atomic mass is 9.90. The van der Waals surface area contributed by atoms with Gasteiger partial charge in [-0.25, -0.2) is 14.4 Å². The second-order valence-corrected chi connectivity index (χ2v) is 19.3. The van der Waals surface area contributed by atoms with Crippen LogP contribution in [0, 0.1) is 11.2 Å². The Morgan fingerprint density at radius 3 is 2.50 bits per heavy atom. The fourth-order valence-corrected chi connectivity index (χ4v) is 10.8. The highest BCUT2D eigenvalue weighted by molar-refractivity contribution is 6.06. The number of benzene rings is 2. The summed E-state index contributed by atoms with van der Waals surface area (Å²) in [6.45, 7) is 15.3. The minimum Gasteiger partial charge on any atom is -0.392 e. The van der Waals surface area contributed by atoms with Crippen molar-refractivity contribution in [2.24, 2.45) is 12.5 Å². The van der Waals surface area contributed by atoms with Gasteiger partial charge in [0.05, 0.1) is 29.2 Å². The van der Waals surface area contributed by atoms with Gasteiger partial charge >= 0.3 is 6.18 Å². The molecule has 3 aromatic heterocycles. The van der Waals surface area contributed by atoms with Crippen LogP contribution in [0.4, 0.5) is 51.9 Å². The number of nitrogens with one attached hydrogen (secondary N) is 2. The van der Waals surface area contributed by atoms with Gasteiger partial charge in [0.1, 0.15) is 17.3 Å². The molecule has 2 amide bonds. The maximum atomic E-state index is 14.1. The Morgan fingerprint density at radius 1 is 0.985 bits per heavy atom. The third-order valence-electron chi connectivity index (χ3n) is 14.0. The topological polar surface area (TPSA) is 144 Å². The maximum Gasteiger partial charge on any atom is 0.419 e. The van der Waals surface area contributed by atoms with Crippen molar-refractivity contribution in [3.63, 3.8) is 0 Å². The Bertz CT molecular complexity index is 2880. The molecule has 3 N–H and O–H groups in total. The average Bonchev–Trinajstić information content (AvgIpc) is 3.79. The first-order valence-electron chi connectivity index (χ1n) is 23.0. The second-order valence-electron chi connectivity index (χ2n) is 19.3. The summed E-state index contributed by atoms with van der Waals surface area (Å²) in [4.78, 5) is 58.0. The Morgan fingerprint density at radius 2 is 1.78 bits per heavy atom. The summed E-state index contributed by atoms with van der Waals surface area (Å²) in [7, 11) is 1.60. The van der Waals surface area contributed by atoms with Gasteiger partial charge in [0, 0.05) is 105 Å². The number of amides is 2. The normalized spacial score (nSPS) is 20.6. The highest BCUT2D eigenvalue weighted by atomic mass is 19.4. The van der Waals surface area contributed by atoms with Gasteiger partial charge in [-0.15, -0.1) is 0 Å². The molecule has 6 heterocycles. The van der Waals surface area contributed by atoms with E-state index in [0.717, 1.165) is 43.5 Å². The molecule has 4 aliphatic rings. The predicted molar refractivity (Wildman–Crippen MR) is 254 cm³/mol. The number of hydrogen-bond donors (Lipinski definition) is 3. The highest BCUT2D eigenvalue weighted by Crippen LogP contribution is 2.41. The quantitative estimate of drug-likeness (QED) is 0.0951. The lowest BCUT2D eigenvalue weighted by Gasteiger charge is -2.48. The van der Waals surface area contributed by atoms with E-state index in [1.54, 1.807) is 42.5 Å². The third-order valence-corrected chi connectivity index (χ3v) is 14.0. The van der Waals surface area contributed by atoms with Crippen molar-refractivity contribution in [3.05, 3.63) is 118 Å². The Kier molecular flexibility index (Phi) is 12.2. The molecule has 0 bridgehead atoms. The number of rotatable bonds is 10. The molecule has 3 atom stereocenters. The fourth-order valence-electron chi connectivity index (χ4n) is 10.8.